The van der Waals surface area contributed by atoms with Crippen LogP contribution in [0, 0.1) is 0 Å². The highest BCUT2D eigenvalue weighted by Gasteiger charge is 2.22. The number of benzene rings is 2. The summed E-state index contributed by atoms with van der Waals surface area (Å²) in [5.41, 5.74) is 1.81. The molecule has 0 saturated heterocycles. The Hall–Kier alpha value is -3.39. The molecule has 2 amide bonds. The van der Waals surface area contributed by atoms with Crippen molar-refractivity contribution in [3.8, 4) is 0 Å². The Morgan fingerprint density at radius 1 is 0.968 bits per heavy atom. The molecule has 0 unspecified atom stereocenters. The van der Waals surface area contributed by atoms with E-state index in [1.807, 2.05) is 6.92 Å². The Balaban J connectivity index is 1.61. The molecule has 3 aromatic rings. The number of amides is 2. The van der Waals surface area contributed by atoms with Crippen molar-refractivity contribution in [3.05, 3.63) is 83.8 Å². The van der Waals surface area contributed by atoms with Gasteiger partial charge in [-0.05, 0) is 42.3 Å². The molecule has 8 heteroatoms. The summed E-state index contributed by atoms with van der Waals surface area (Å²) < 4.78 is 30.5. The second kappa shape index (κ2) is 10.1. The van der Waals surface area contributed by atoms with E-state index in [9.17, 15) is 18.0 Å². The van der Waals surface area contributed by atoms with Gasteiger partial charge in [0.1, 0.15) is 0 Å². The molecular weight excluding hydrogens is 416 g/mol. The van der Waals surface area contributed by atoms with Crippen molar-refractivity contribution in [3.63, 3.8) is 0 Å². The van der Waals surface area contributed by atoms with E-state index in [4.69, 9.17) is 4.42 Å². The minimum Gasteiger partial charge on any atom is -0.459 e. The van der Waals surface area contributed by atoms with Crippen LogP contribution in [0.2, 0.25) is 0 Å². The molecule has 0 atom stereocenters. The van der Waals surface area contributed by atoms with Crippen LogP contribution in [-0.2, 0) is 26.9 Å². The summed E-state index contributed by atoms with van der Waals surface area (Å²) in [5.74, 6) is -0.895. The molecule has 0 aliphatic rings. The van der Waals surface area contributed by atoms with E-state index < -0.39 is 15.7 Å². The first-order valence-electron chi connectivity index (χ1n) is 9.90. The summed E-state index contributed by atoms with van der Waals surface area (Å²) in [6.07, 6.45) is 2.54. The third kappa shape index (κ3) is 6.05. The summed E-state index contributed by atoms with van der Waals surface area (Å²) >= 11 is 0. The Bertz CT molecular complexity index is 1140. The number of sulfone groups is 1. The lowest BCUT2D eigenvalue weighted by molar-refractivity contribution is -0.116. The maximum absolute atomic E-state index is 12.6. The van der Waals surface area contributed by atoms with Crippen LogP contribution >= 0.6 is 0 Å². The summed E-state index contributed by atoms with van der Waals surface area (Å²) in [6, 6.07) is 16.7. The molecule has 31 heavy (non-hydrogen) atoms. The van der Waals surface area contributed by atoms with Gasteiger partial charge in [-0.3, -0.25) is 9.59 Å². The number of carbonyl (C=O) groups is 2. The molecule has 0 spiro atoms. The standard InChI is InChI=1S/C23H24N2O5S/c1-2-6-21(26)25-19-11-9-17(10-12-19)15-24-23(27)22-18(13-14-30-22)16-31(28,29)20-7-4-3-5-8-20/h3-5,7-14H,2,6,15-16H2,1H3,(H,24,27)(H,25,26). The predicted octanol–water partition coefficient (Wildman–Crippen LogP) is 3.92. The molecule has 0 saturated carbocycles. The highest BCUT2D eigenvalue weighted by molar-refractivity contribution is 7.90. The van der Waals surface area contributed by atoms with E-state index in [1.165, 1.54) is 24.5 Å². The van der Waals surface area contributed by atoms with E-state index >= 15 is 0 Å². The second-order valence-electron chi connectivity index (χ2n) is 7.02. The zero-order chi connectivity index (χ0) is 22.3. The molecule has 0 fully saturated rings. The molecule has 7 nitrogen and oxygen atoms in total. The Morgan fingerprint density at radius 2 is 1.68 bits per heavy atom. The first-order valence-corrected chi connectivity index (χ1v) is 11.6. The summed E-state index contributed by atoms with van der Waals surface area (Å²) in [5, 5.41) is 5.53. The Morgan fingerprint density at radius 3 is 2.35 bits per heavy atom. The Labute approximate surface area is 181 Å². The van der Waals surface area contributed by atoms with Crippen molar-refractivity contribution < 1.29 is 22.4 Å². The van der Waals surface area contributed by atoms with Gasteiger partial charge >= 0.3 is 0 Å². The zero-order valence-corrected chi connectivity index (χ0v) is 17.9. The molecule has 0 radical (unpaired) electrons. The third-order valence-corrected chi connectivity index (χ3v) is 6.25. The quantitative estimate of drug-likeness (QED) is 0.525. The van der Waals surface area contributed by atoms with Crippen molar-refractivity contribution in [1.29, 1.82) is 0 Å². The van der Waals surface area contributed by atoms with Crippen LogP contribution in [-0.4, -0.2) is 20.2 Å². The molecular formula is C23H24N2O5S. The van der Waals surface area contributed by atoms with Gasteiger partial charge in [-0.15, -0.1) is 0 Å². The van der Waals surface area contributed by atoms with E-state index in [2.05, 4.69) is 10.6 Å². The molecule has 3 rings (SSSR count). The van der Waals surface area contributed by atoms with Crippen LogP contribution in [0.5, 0.6) is 0 Å². The van der Waals surface area contributed by atoms with Gasteiger partial charge < -0.3 is 15.1 Å². The zero-order valence-electron chi connectivity index (χ0n) is 17.1. The van der Waals surface area contributed by atoms with Crippen molar-refractivity contribution in [2.24, 2.45) is 0 Å². The van der Waals surface area contributed by atoms with Crippen LogP contribution in [0.25, 0.3) is 0 Å². The largest absolute Gasteiger partial charge is 0.459 e. The molecule has 162 valence electrons. The third-order valence-electron chi connectivity index (χ3n) is 4.57. The highest BCUT2D eigenvalue weighted by atomic mass is 32.2. The smallest absolute Gasteiger partial charge is 0.287 e. The SMILES string of the molecule is CCCC(=O)Nc1ccc(CNC(=O)c2occc2CS(=O)(=O)c2ccccc2)cc1. The van der Waals surface area contributed by atoms with Gasteiger partial charge in [0, 0.05) is 24.2 Å². The van der Waals surface area contributed by atoms with Crippen LogP contribution in [0.1, 0.15) is 41.4 Å². The minimum atomic E-state index is -3.60. The lowest BCUT2D eigenvalue weighted by Crippen LogP contribution is -2.23. The van der Waals surface area contributed by atoms with Crippen LogP contribution in [0.15, 0.2) is 76.2 Å². The predicted molar refractivity (Wildman–Crippen MR) is 117 cm³/mol. The van der Waals surface area contributed by atoms with Gasteiger partial charge in [-0.1, -0.05) is 37.3 Å². The maximum Gasteiger partial charge on any atom is 0.287 e. The van der Waals surface area contributed by atoms with Crippen molar-refractivity contribution in [2.75, 3.05) is 5.32 Å². The number of furan rings is 1. The van der Waals surface area contributed by atoms with Crippen molar-refractivity contribution in [1.82, 2.24) is 5.32 Å². The average molecular weight is 441 g/mol. The van der Waals surface area contributed by atoms with Gasteiger partial charge in [0.2, 0.25) is 5.91 Å². The van der Waals surface area contributed by atoms with E-state index in [1.54, 1.807) is 42.5 Å². The molecule has 1 aromatic heterocycles. The van der Waals surface area contributed by atoms with Gasteiger partial charge in [0.15, 0.2) is 15.6 Å². The fraction of sp³-hybridized carbons (Fsp3) is 0.217. The van der Waals surface area contributed by atoms with Crippen molar-refractivity contribution >= 4 is 27.3 Å². The fourth-order valence-electron chi connectivity index (χ4n) is 2.98. The van der Waals surface area contributed by atoms with E-state index in [0.717, 1.165) is 12.0 Å². The van der Waals surface area contributed by atoms with E-state index in [0.29, 0.717) is 17.7 Å². The molecule has 0 aliphatic carbocycles. The second-order valence-corrected chi connectivity index (χ2v) is 9.01. The minimum absolute atomic E-state index is 0.0250. The number of nitrogens with one attached hydrogen (secondary N) is 2. The molecule has 2 N–H and O–H groups in total. The number of rotatable bonds is 9. The first-order chi connectivity index (χ1) is 14.9. The number of carbonyl (C=O) groups excluding carboxylic acids is 2. The van der Waals surface area contributed by atoms with Gasteiger partial charge in [0.25, 0.3) is 5.91 Å². The first kappa shape index (κ1) is 22.3. The summed E-state index contributed by atoms with van der Waals surface area (Å²) in [7, 11) is -3.60. The summed E-state index contributed by atoms with van der Waals surface area (Å²) in [4.78, 5) is 24.4. The average Bonchev–Trinajstić information content (AvgIpc) is 3.21. The van der Waals surface area contributed by atoms with Crippen LogP contribution in [0.4, 0.5) is 5.69 Å². The normalized spacial score (nSPS) is 11.1. The number of hydrogen-bond donors (Lipinski definition) is 2. The van der Waals surface area contributed by atoms with Gasteiger partial charge in [-0.2, -0.15) is 0 Å². The van der Waals surface area contributed by atoms with E-state index in [-0.39, 0.29) is 28.9 Å². The Kier molecular flexibility index (Phi) is 7.25. The highest BCUT2D eigenvalue weighted by Crippen LogP contribution is 2.20. The van der Waals surface area contributed by atoms with Gasteiger partial charge in [-0.25, -0.2) is 8.42 Å². The monoisotopic (exact) mass is 440 g/mol. The molecule has 2 aromatic carbocycles. The van der Waals surface area contributed by atoms with Crippen molar-refractivity contribution in [2.45, 2.75) is 37.0 Å². The summed E-state index contributed by atoms with van der Waals surface area (Å²) in [6.45, 7) is 2.17. The lowest BCUT2D eigenvalue weighted by atomic mass is 10.2. The van der Waals surface area contributed by atoms with Crippen LogP contribution < -0.4 is 10.6 Å². The molecule has 0 bridgehead atoms. The molecule has 0 aliphatic heterocycles. The topological polar surface area (TPSA) is 105 Å². The fourth-order valence-corrected chi connectivity index (χ4v) is 4.36. The lowest BCUT2D eigenvalue weighted by Gasteiger charge is -2.08. The molecule has 1 heterocycles. The number of anilines is 1. The number of hydrogen-bond acceptors (Lipinski definition) is 5. The van der Waals surface area contributed by atoms with Crippen LogP contribution in [0.3, 0.4) is 0 Å². The maximum atomic E-state index is 12.6. The van der Waals surface area contributed by atoms with Gasteiger partial charge in [0.05, 0.1) is 16.9 Å².